The van der Waals surface area contributed by atoms with Crippen molar-refractivity contribution in [2.24, 2.45) is 0 Å². The number of hydrogen-bond acceptors (Lipinski definition) is 3. The third-order valence-corrected chi connectivity index (χ3v) is 3.10. The first-order valence-electron chi connectivity index (χ1n) is 5.29. The molecule has 0 radical (unpaired) electrons. The van der Waals surface area contributed by atoms with E-state index < -0.39 is 0 Å². The predicted octanol–water partition coefficient (Wildman–Crippen LogP) is 3.47. The zero-order chi connectivity index (χ0) is 12.3. The van der Waals surface area contributed by atoms with Crippen molar-refractivity contribution in [3.8, 4) is 5.75 Å². The molecule has 0 saturated heterocycles. The molecule has 1 aromatic carbocycles. The maximum Gasteiger partial charge on any atom is 0.134 e. The molecule has 2 rings (SSSR count). The lowest BCUT2D eigenvalue weighted by Crippen LogP contribution is -2.00. The molecule has 88 valence electrons. The van der Waals surface area contributed by atoms with E-state index in [1.165, 1.54) is 0 Å². The highest BCUT2D eigenvalue weighted by molar-refractivity contribution is 9.10. The second-order valence-corrected chi connectivity index (χ2v) is 4.64. The maximum atomic E-state index is 9.82. The third-order valence-electron chi connectivity index (χ3n) is 2.46. The van der Waals surface area contributed by atoms with Crippen LogP contribution in [0.5, 0.6) is 5.75 Å². The van der Waals surface area contributed by atoms with Crippen molar-refractivity contribution in [2.45, 2.75) is 13.5 Å². The van der Waals surface area contributed by atoms with E-state index in [1.54, 1.807) is 6.20 Å². The molecule has 0 aliphatic rings. The van der Waals surface area contributed by atoms with Crippen LogP contribution in [-0.4, -0.2) is 10.1 Å². The van der Waals surface area contributed by atoms with Crippen molar-refractivity contribution in [1.82, 2.24) is 4.98 Å². The monoisotopic (exact) mass is 292 g/mol. The Morgan fingerprint density at radius 2 is 2.12 bits per heavy atom. The van der Waals surface area contributed by atoms with Crippen molar-refractivity contribution < 1.29 is 5.11 Å². The minimum Gasteiger partial charge on any atom is -0.506 e. The minimum absolute atomic E-state index is 0.278. The van der Waals surface area contributed by atoms with Crippen LogP contribution in [0.25, 0.3) is 0 Å². The van der Waals surface area contributed by atoms with Gasteiger partial charge in [0.1, 0.15) is 5.75 Å². The predicted molar refractivity (Wildman–Crippen MR) is 72.1 cm³/mol. The van der Waals surface area contributed by atoms with Gasteiger partial charge in [-0.2, -0.15) is 0 Å². The summed E-state index contributed by atoms with van der Waals surface area (Å²) in [6, 6.07) is 9.51. The summed E-state index contributed by atoms with van der Waals surface area (Å²) in [5, 5.41) is 13.0. The fourth-order valence-corrected chi connectivity index (χ4v) is 1.88. The number of anilines is 1. The Morgan fingerprint density at radius 3 is 2.82 bits per heavy atom. The van der Waals surface area contributed by atoms with Crippen molar-refractivity contribution in [3.05, 3.63) is 52.3 Å². The molecule has 4 heteroatoms. The fraction of sp³-hybridized carbons (Fsp3) is 0.154. The molecule has 3 nitrogen and oxygen atoms in total. The number of aromatic nitrogens is 1. The Labute approximate surface area is 109 Å². The van der Waals surface area contributed by atoms with Crippen molar-refractivity contribution in [1.29, 1.82) is 0 Å². The normalized spacial score (nSPS) is 10.2. The topological polar surface area (TPSA) is 45.1 Å². The summed E-state index contributed by atoms with van der Waals surface area (Å²) in [6.45, 7) is 2.51. The summed E-state index contributed by atoms with van der Waals surface area (Å²) < 4.78 is 0.707. The summed E-state index contributed by atoms with van der Waals surface area (Å²) in [5.41, 5.74) is 2.77. The van der Waals surface area contributed by atoms with Gasteiger partial charge in [-0.25, -0.2) is 0 Å². The summed E-state index contributed by atoms with van der Waals surface area (Å²) in [7, 11) is 0. The molecular formula is C13H13BrN2O. The first-order valence-corrected chi connectivity index (χ1v) is 6.09. The molecular weight excluding hydrogens is 280 g/mol. The molecule has 2 N–H and O–H groups in total. The number of halogens is 1. The molecule has 1 heterocycles. The van der Waals surface area contributed by atoms with E-state index >= 15 is 0 Å². The van der Waals surface area contributed by atoms with Crippen LogP contribution in [-0.2, 0) is 6.54 Å². The van der Waals surface area contributed by atoms with E-state index in [0.717, 1.165) is 16.9 Å². The number of nitrogens with one attached hydrogen (secondary N) is 1. The summed E-state index contributed by atoms with van der Waals surface area (Å²) in [4.78, 5) is 4.20. The lowest BCUT2D eigenvalue weighted by molar-refractivity contribution is 0.465. The van der Waals surface area contributed by atoms with E-state index in [9.17, 15) is 5.11 Å². The minimum atomic E-state index is 0.278. The zero-order valence-electron chi connectivity index (χ0n) is 9.44. The van der Waals surface area contributed by atoms with Gasteiger partial charge in [-0.3, -0.25) is 4.98 Å². The Morgan fingerprint density at radius 1 is 1.29 bits per heavy atom. The molecule has 0 spiro atoms. The quantitative estimate of drug-likeness (QED) is 0.910. The number of para-hydroxylation sites is 1. The van der Waals surface area contributed by atoms with Gasteiger partial charge >= 0.3 is 0 Å². The second-order valence-electron chi connectivity index (χ2n) is 3.79. The first kappa shape index (κ1) is 11.9. The van der Waals surface area contributed by atoms with Crippen LogP contribution >= 0.6 is 15.9 Å². The van der Waals surface area contributed by atoms with Crippen LogP contribution in [0.2, 0.25) is 0 Å². The highest BCUT2D eigenvalue weighted by atomic mass is 79.9. The summed E-state index contributed by atoms with van der Waals surface area (Å²) >= 11 is 3.29. The van der Waals surface area contributed by atoms with Gasteiger partial charge in [0.25, 0.3) is 0 Å². The zero-order valence-corrected chi connectivity index (χ0v) is 11.0. The van der Waals surface area contributed by atoms with Gasteiger partial charge in [-0.05, 0) is 41.1 Å². The van der Waals surface area contributed by atoms with Crippen LogP contribution < -0.4 is 5.32 Å². The second kappa shape index (κ2) is 5.19. The number of rotatable bonds is 3. The average Bonchev–Trinajstić information content (AvgIpc) is 2.33. The van der Waals surface area contributed by atoms with E-state index in [1.807, 2.05) is 37.3 Å². The number of aromatic hydroxyl groups is 1. The molecule has 0 unspecified atom stereocenters. The molecule has 0 bridgehead atoms. The van der Waals surface area contributed by atoms with E-state index in [0.29, 0.717) is 11.0 Å². The van der Waals surface area contributed by atoms with Gasteiger partial charge in [0.05, 0.1) is 16.4 Å². The highest BCUT2D eigenvalue weighted by Crippen LogP contribution is 2.27. The van der Waals surface area contributed by atoms with Crippen molar-refractivity contribution >= 4 is 21.6 Å². The lowest BCUT2D eigenvalue weighted by atomic mass is 10.2. The molecule has 0 aliphatic carbocycles. The number of phenolic OH excluding ortho intramolecular Hbond substituents is 1. The van der Waals surface area contributed by atoms with Crippen LogP contribution in [0.3, 0.4) is 0 Å². The maximum absolute atomic E-state index is 9.82. The molecule has 0 aliphatic heterocycles. The summed E-state index contributed by atoms with van der Waals surface area (Å²) in [5.74, 6) is 0.278. The third kappa shape index (κ3) is 2.97. The molecule has 0 atom stereocenters. The van der Waals surface area contributed by atoms with Crippen molar-refractivity contribution in [2.75, 3.05) is 5.32 Å². The van der Waals surface area contributed by atoms with Gasteiger partial charge in [-0.15, -0.1) is 0 Å². The molecule has 0 amide bonds. The molecule has 1 aromatic heterocycles. The fourth-order valence-electron chi connectivity index (χ4n) is 1.47. The first-order chi connectivity index (χ1) is 8.16. The lowest BCUT2D eigenvalue weighted by Gasteiger charge is -2.08. The van der Waals surface area contributed by atoms with Gasteiger partial charge in [0.2, 0.25) is 0 Å². The molecule has 0 fully saturated rings. The number of phenols is 1. The largest absolute Gasteiger partial charge is 0.506 e. The van der Waals surface area contributed by atoms with Crippen LogP contribution in [0.1, 0.15) is 11.3 Å². The SMILES string of the molecule is Cc1ccc(NCc2cccc(Br)c2O)cn1. The highest BCUT2D eigenvalue weighted by Gasteiger charge is 2.04. The summed E-state index contributed by atoms with van der Waals surface area (Å²) in [6.07, 6.45) is 1.78. The van der Waals surface area contributed by atoms with E-state index in [2.05, 4.69) is 26.2 Å². The van der Waals surface area contributed by atoms with Gasteiger partial charge in [0.15, 0.2) is 0 Å². The van der Waals surface area contributed by atoms with Gasteiger partial charge < -0.3 is 10.4 Å². The number of benzene rings is 1. The average molecular weight is 293 g/mol. The number of aryl methyl sites for hydroxylation is 1. The Bertz CT molecular complexity index is 511. The molecule has 2 aromatic rings. The standard InChI is InChI=1S/C13H13BrN2O/c1-9-5-6-11(8-15-9)16-7-10-3-2-4-12(14)13(10)17/h2-6,8,16-17H,7H2,1H3. The number of hydrogen-bond donors (Lipinski definition) is 2. The van der Waals surface area contributed by atoms with Gasteiger partial charge in [0, 0.05) is 17.8 Å². The van der Waals surface area contributed by atoms with Crippen LogP contribution in [0.4, 0.5) is 5.69 Å². The Hall–Kier alpha value is -1.55. The molecule has 17 heavy (non-hydrogen) atoms. The van der Waals surface area contributed by atoms with E-state index in [-0.39, 0.29) is 5.75 Å². The van der Waals surface area contributed by atoms with E-state index in [4.69, 9.17) is 0 Å². The van der Waals surface area contributed by atoms with Crippen molar-refractivity contribution in [3.63, 3.8) is 0 Å². The van der Waals surface area contributed by atoms with Gasteiger partial charge in [-0.1, -0.05) is 12.1 Å². The Balaban J connectivity index is 2.07. The molecule has 0 saturated carbocycles. The number of pyridine rings is 1. The van der Waals surface area contributed by atoms with Crippen LogP contribution in [0, 0.1) is 6.92 Å². The van der Waals surface area contributed by atoms with Crippen LogP contribution in [0.15, 0.2) is 41.0 Å². The smallest absolute Gasteiger partial charge is 0.134 e. The number of nitrogens with zero attached hydrogens (tertiary/aromatic N) is 1. The Kier molecular flexibility index (Phi) is 3.64.